The first kappa shape index (κ1) is 19.4. The van der Waals surface area contributed by atoms with Gasteiger partial charge in [-0.1, -0.05) is 0 Å². The van der Waals surface area contributed by atoms with Gasteiger partial charge in [-0.2, -0.15) is 4.98 Å². The Morgan fingerprint density at radius 2 is 1.83 bits per heavy atom. The molecule has 0 aliphatic rings. The van der Waals surface area contributed by atoms with E-state index in [9.17, 15) is 13.6 Å². The number of aromatic nitrogens is 3. The lowest BCUT2D eigenvalue weighted by Crippen LogP contribution is -2.04. The number of anilines is 4. The smallest absolute Gasteiger partial charge is 0.417 e. The molecule has 0 bridgehead atoms. The molecule has 0 fully saturated rings. The molecule has 2 heterocycles. The molecule has 0 spiro atoms. The molecule has 0 unspecified atom stereocenters. The van der Waals surface area contributed by atoms with Gasteiger partial charge in [0.05, 0.1) is 18.8 Å². The molecule has 10 heteroatoms. The summed E-state index contributed by atoms with van der Waals surface area (Å²) in [6.45, 7) is 3.88. The minimum Gasteiger partial charge on any atom is -0.496 e. The number of aromatic amines is 1. The lowest BCUT2D eigenvalue weighted by atomic mass is 10.1. The highest BCUT2D eigenvalue weighted by atomic mass is 19.1. The van der Waals surface area contributed by atoms with Crippen LogP contribution < -0.4 is 21.1 Å². The summed E-state index contributed by atoms with van der Waals surface area (Å²) >= 11 is 0. The van der Waals surface area contributed by atoms with Crippen molar-refractivity contribution in [2.24, 2.45) is 0 Å². The minimum absolute atomic E-state index is 0.127. The number of fused-ring (bicyclic) bond motifs is 1. The van der Waals surface area contributed by atoms with Crippen LogP contribution in [-0.2, 0) is 0 Å². The molecule has 0 saturated carbocycles. The number of ether oxygens (including phenoxy) is 1. The third-order valence-electron chi connectivity index (χ3n) is 4.58. The van der Waals surface area contributed by atoms with Crippen LogP contribution in [-0.4, -0.2) is 22.1 Å². The Bertz CT molecular complexity index is 1320. The topological polar surface area (TPSA) is 105 Å². The molecule has 0 saturated heterocycles. The van der Waals surface area contributed by atoms with E-state index >= 15 is 0 Å². The predicted octanol–water partition coefficient (Wildman–Crippen LogP) is 4.30. The second-order valence-electron chi connectivity index (χ2n) is 6.61. The summed E-state index contributed by atoms with van der Waals surface area (Å²) in [6, 6.07) is 6.14. The van der Waals surface area contributed by atoms with Crippen LogP contribution in [0.3, 0.4) is 0 Å². The van der Waals surface area contributed by atoms with Crippen molar-refractivity contribution in [3.63, 3.8) is 0 Å². The number of methoxy groups -OCH3 is 1. The molecular formula is C20H17F2N5O3. The fourth-order valence-electron chi connectivity index (χ4n) is 2.98. The van der Waals surface area contributed by atoms with E-state index in [4.69, 9.17) is 9.15 Å². The third kappa shape index (κ3) is 3.66. The maximum atomic E-state index is 14.2. The van der Waals surface area contributed by atoms with E-state index in [0.717, 1.165) is 23.4 Å². The molecule has 3 N–H and O–H groups in total. The van der Waals surface area contributed by atoms with E-state index < -0.39 is 17.4 Å². The fraction of sp³-hybridized carbons (Fsp3) is 0.150. The van der Waals surface area contributed by atoms with Gasteiger partial charge in [0.1, 0.15) is 5.75 Å². The molecule has 30 heavy (non-hydrogen) atoms. The standard InChI is InChI=1S/C20H17F2N5O3/c1-9-4-11(7-16(29-3)10(9)2)25-19-23-8-14(22)18(27-19)24-12-5-13(21)17-15(6-12)26-20(28)30-17/h4-8H,1-3H3,(H,26,28)(H2,23,24,25,27). The van der Waals surface area contributed by atoms with Crippen molar-refractivity contribution in [1.29, 1.82) is 0 Å². The van der Waals surface area contributed by atoms with Crippen LogP contribution in [0.1, 0.15) is 11.1 Å². The summed E-state index contributed by atoms with van der Waals surface area (Å²) < 4.78 is 38.4. The van der Waals surface area contributed by atoms with E-state index in [1.807, 2.05) is 19.9 Å². The molecule has 2 aromatic carbocycles. The van der Waals surface area contributed by atoms with Crippen LogP contribution in [0.15, 0.2) is 39.7 Å². The van der Waals surface area contributed by atoms with Crippen molar-refractivity contribution < 1.29 is 17.9 Å². The minimum atomic E-state index is -0.787. The lowest BCUT2D eigenvalue weighted by Gasteiger charge is -2.13. The first-order valence-electron chi connectivity index (χ1n) is 8.88. The summed E-state index contributed by atoms with van der Waals surface area (Å²) in [7, 11) is 1.57. The number of H-pyrrole nitrogens is 1. The molecule has 8 nitrogen and oxygen atoms in total. The monoisotopic (exact) mass is 413 g/mol. The van der Waals surface area contributed by atoms with Gasteiger partial charge < -0.3 is 19.8 Å². The summed E-state index contributed by atoms with van der Waals surface area (Å²) in [5, 5.41) is 5.69. The average molecular weight is 413 g/mol. The molecule has 2 aromatic heterocycles. The number of oxazole rings is 1. The molecule has 4 rings (SSSR count). The quantitative estimate of drug-likeness (QED) is 0.448. The number of aryl methyl sites for hydroxylation is 1. The van der Waals surface area contributed by atoms with Crippen molar-refractivity contribution in [1.82, 2.24) is 15.0 Å². The number of nitrogens with zero attached hydrogens (tertiary/aromatic N) is 2. The second-order valence-corrected chi connectivity index (χ2v) is 6.61. The van der Waals surface area contributed by atoms with Crippen molar-refractivity contribution >= 4 is 34.2 Å². The number of nitrogens with one attached hydrogen (secondary N) is 3. The number of hydrogen-bond acceptors (Lipinski definition) is 7. The Kier molecular flexibility index (Phi) is 4.82. The number of halogens is 2. The number of benzene rings is 2. The third-order valence-corrected chi connectivity index (χ3v) is 4.58. The molecule has 0 aliphatic heterocycles. The molecule has 0 amide bonds. The van der Waals surface area contributed by atoms with Crippen molar-refractivity contribution in [3.8, 4) is 5.75 Å². The van der Waals surface area contributed by atoms with Gasteiger partial charge in [0, 0.05) is 23.5 Å². The highest BCUT2D eigenvalue weighted by molar-refractivity contribution is 5.79. The largest absolute Gasteiger partial charge is 0.496 e. The highest BCUT2D eigenvalue weighted by Gasteiger charge is 2.13. The van der Waals surface area contributed by atoms with E-state index in [0.29, 0.717) is 11.4 Å². The zero-order valence-corrected chi connectivity index (χ0v) is 16.3. The van der Waals surface area contributed by atoms with Crippen LogP contribution in [0.5, 0.6) is 5.75 Å². The normalized spacial score (nSPS) is 11.0. The molecule has 0 radical (unpaired) electrons. The Hall–Kier alpha value is -3.95. The first-order chi connectivity index (χ1) is 14.3. The number of hydrogen-bond donors (Lipinski definition) is 3. The lowest BCUT2D eigenvalue weighted by molar-refractivity contribution is 0.411. The Balaban J connectivity index is 1.64. The van der Waals surface area contributed by atoms with Crippen LogP contribution in [0.2, 0.25) is 0 Å². The zero-order chi connectivity index (χ0) is 21.4. The van der Waals surface area contributed by atoms with E-state index in [1.54, 1.807) is 13.2 Å². The average Bonchev–Trinajstić information content (AvgIpc) is 3.08. The molecule has 154 valence electrons. The van der Waals surface area contributed by atoms with Crippen LogP contribution in [0.4, 0.5) is 31.9 Å². The van der Waals surface area contributed by atoms with Gasteiger partial charge in [-0.15, -0.1) is 0 Å². The van der Waals surface area contributed by atoms with Gasteiger partial charge >= 0.3 is 5.76 Å². The van der Waals surface area contributed by atoms with E-state index in [-0.39, 0.29) is 28.6 Å². The van der Waals surface area contributed by atoms with Gasteiger partial charge in [-0.05, 0) is 37.1 Å². The first-order valence-corrected chi connectivity index (χ1v) is 8.88. The van der Waals surface area contributed by atoms with Crippen molar-refractivity contribution in [2.75, 3.05) is 17.7 Å². The maximum absolute atomic E-state index is 14.2. The van der Waals surface area contributed by atoms with Gasteiger partial charge in [0.25, 0.3) is 0 Å². The van der Waals surface area contributed by atoms with Gasteiger partial charge in [-0.3, -0.25) is 4.98 Å². The summed E-state index contributed by atoms with van der Waals surface area (Å²) in [5.74, 6) is -1.65. The molecule has 0 atom stereocenters. The zero-order valence-electron chi connectivity index (χ0n) is 16.3. The van der Waals surface area contributed by atoms with Crippen LogP contribution in [0, 0.1) is 25.5 Å². The summed E-state index contributed by atoms with van der Waals surface area (Å²) in [4.78, 5) is 21.7. The van der Waals surface area contributed by atoms with Gasteiger partial charge in [0.2, 0.25) is 5.95 Å². The SMILES string of the molecule is COc1cc(Nc2ncc(F)c(Nc3cc(F)c4oc(=O)[nH]c4c3)n2)cc(C)c1C. The predicted molar refractivity (Wildman–Crippen MR) is 108 cm³/mol. The summed E-state index contributed by atoms with van der Waals surface area (Å²) in [6.07, 6.45) is 0.991. The molecular weight excluding hydrogens is 396 g/mol. The number of rotatable bonds is 5. The highest BCUT2D eigenvalue weighted by Crippen LogP contribution is 2.28. The Morgan fingerprint density at radius 3 is 2.60 bits per heavy atom. The van der Waals surface area contributed by atoms with Crippen molar-refractivity contribution in [3.05, 3.63) is 63.8 Å². The van der Waals surface area contributed by atoms with Crippen LogP contribution in [0.25, 0.3) is 11.1 Å². The van der Waals surface area contributed by atoms with E-state index in [2.05, 4.69) is 25.6 Å². The second kappa shape index (κ2) is 7.47. The van der Waals surface area contributed by atoms with Crippen molar-refractivity contribution in [2.45, 2.75) is 13.8 Å². The van der Waals surface area contributed by atoms with Gasteiger partial charge in [0.15, 0.2) is 23.0 Å². The molecule has 0 aliphatic carbocycles. The summed E-state index contributed by atoms with van der Waals surface area (Å²) in [5.41, 5.74) is 2.76. The maximum Gasteiger partial charge on any atom is 0.417 e. The Labute approximate surface area is 168 Å². The van der Waals surface area contributed by atoms with E-state index in [1.165, 1.54) is 6.07 Å². The Morgan fingerprint density at radius 1 is 1.07 bits per heavy atom. The fourth-order valence-corrected chi connectivity index (χ4v) is 2.98. The molecule has 4 aromatic rings. The van der Waals surface area contributed by atoms with Crippen LogP contribution >= 0.6 is 0 Å². The van der Waals surface area contributed by atoms with Gasteiger partial charge in [-0.25, -0.2) is 18.6 Å².